The highest BCUT2D eigenvalue weighted by Gasteiger charge is 2.52. The molecule has 3 heterocycles. The molecule has 60 heavy (non-hydrogen) atoms. The summed E-state index contributed by atoms with van der Waals surface area (Å²) >= 11 is 0. The van der Waals surface area contributed by atoms with Gasteiger partial charge in [0.05, 0.1) is 49.8 Å². The molecular formula is C45H73NO14. The number of allylic oxidation sites excluding steroid dienone is 6. The third-order valence-corrected chi connectivity index (χ3v) is 12.5. The fourth-order valence-electron chi connectivity index (χ4n) is 8.64. The summed E-state index contributed by atoms with van der Waals surface area (Å²) in [6.45, 7) is 18.0. The summed E-state index contributed by atoms with van der Waals surface area (Å²) in [4.78, 5) is 25.3. The van der Waals surface area contributed by atoms with Gasteiger partial charge in [-0.2, -0.15) is 0 Å². The van der Waals surface area contributed by atoms with Crippen LogP contribution in [0.15, 0.2) is 59.4 Å². The van der Waals surface area contributed by atoms with E-state index in [4.69, 9.17) is 38.9 Å². The van der Waals surface area contributed by atoms with Crippen molar-refractivity contribution < 1.29 is 68.3 Å². The van der Waals surface area contributed by atoms with Crippen LogP contribution in [0.4, 0.5) is 4.79 Å². The maximum Gasteiger partial charge on any atom is 0.404 e. The Kier molecular flexibility index (Phi) is 19.5. The fraction of sp³-hybridized carbons (Fsp3) is 0.733. The van der Waals surface area contributed by atoms with Gasteiger partial charge in [0.25, 0.3) is 0 Å². The standard InChI is InChI=1S/C45H73NO14/c1-13-15-33-27(6)36(57-37-21-32(47)42(31(10)56-37)59-44(46)52)22-45(53,60-33)30(9)40(50)29(8)41-34(54-11)17-14-16-23(2)18-25(4)38(48)28(7)39(49)26(5)19-24(3)20-35(55-12)43(51)58-41/h13-17,19-20,25-34,36-42,47-50,53H,18,21-22H2,1-12H3,(H2,46,52)/b15-13+,17-14+,23-16+,24-19-,35-20-/t25-,26-,27-,28?,29+,30+,31-,32-,33-,34+,36-,37+,38+,39-,40-,41-,42-,45-/m1/s1. The Bertz CT molecular complexity index is 1550. The highest BCUT2D eigenvalue weighted by Crippen LogP contribution is 2.42. The minimum Gasteiger partial charge on any atom is -0.490 e. The Morgan fingerprint density at radius 1 is 1.05 bits per heavy atom. The summed E-state index contributed by atoms with van der Waals surface area (Å²) in [6.07, 6.45) is 1.54. The predicted molar refractivity (Wildman–Crippen MR) is 224 cm³/mol. The Labute approximate surface area is 356 Å². The van der Waals surface area contributed by atoms with Gasteiger partial charge in [0, 0.05) is 49.5 Å². The minimum absolute atomic E-state index is 0.0314. The molecule has 0 bridgehead atoms. The lowest BCUT2D eigenvalue weighted by molar-refractivity contribution is -0.338. The van der Waals surface area contributed by atoms with Crippen molar-refractivity contribution >= 4 is 12.1 Å². The van der Waals surface area contributed by atoms with Gasteiger partial charge in [-0.25, -0.2) is 9.59 Å². The number of carbonyl (C=O) groups is 2. The smallest absolute Gasteiger partial charge is 0.404 e. The zero-order valence-electron chi connectivity index (χ0n) is 37.5. The lowest BCUT2D eigenvalue weighted by atomic mass is 9.77. The molecule has 15 heteroatoms. The van der Waals surface area contributed by atoms with E-state index in [0.717, 1.165) is 5.57 Å². The van der Waals surface area contributed by atoms with Crippen molar-refractivity contribution in [2.45, 2.75) is 162 Å². The van der Waals surface area contributed by atoms with Gasteiger partial charge in [0.1, 0.15) is 12.2 Å². The van der Waals surface area contributed by atoms with Crippen LogP contribution in [0.1, 0.15) is 88.5 Å². The zero-order valence-corrected chi connectivity index (χ0v) is 37.5. The number of esters is 1. The number of hydrogen-bond acceptors (Lipinski definition) is 14. The normalized spacial score (nSPS) is 42.7. The summed E-state index contributed by atoms with van der Waals surface area (Å²) < 4.78 is 41.3. The number of aliphatic hydroxyl groups excluding tert-OH is 4. The molecule has 342 valence electrons. The molecule has 2 saturated heterocycles. The molecule has 3 rings (SSSR count). The molecule has 2 fully saturated rings. The van der Waals surface area contributed by atoms with Gasteiger partial charge >= 0.3 is 12.1 Å². The lowest BCUT2D eigenvalue weighted by Crippen LogP contribution is -2.59. The number of aliphatic hydroxyl groups is 5. The van der Waals surface area contributed by atoms with E-state index in [0.29, 0.717) is 12.0 Å². The molecule has 0 spiro atoms. The second-order valence-electron chi connectivity index (χ2n) is 17.3. The Morgan fingerprint density at radius 3 is 2.30 bits per heavy atom. The molecule has 0 aromatic carbocycles. The van der Waals surface area contributed by atoms with E-state index in [1.807, 2.05) is 47.6 Å². The van der Waals surface area contributed by atoms with E-state index in [9.17, 15) is 35.1 Å². The van der Waals surface area contributed by atoms with E-state index in [1.54, 1.807) is 58.1 Å². The Balaban J connectivity index is 1.99. The first-order valence-corrected chi connectivity index (χ1v) is 21.1. The van der Waals surface area contributed by atoms with Gasteiger partial charge in [-0.3, -0.25) is 0 Å². The molecule has 15 nitrogen and oxygen atoms in total. The second kappa shape index (κ2) is 22.8. The Hall–Kier alpha value is -3.12. The quantitative estimate of drug-likeness (QED) is 0.131. The molecule has 0 aromatic heterocycles. The third kappa shape index (κ3) is 13.2. The summed E-state index contributed by atoms with van der Waals surface area (Å²) in [5, 5.41) is 57.6. The van der Waals surface area contributed by atoms with E-state index < -0.39 is 103 Å². The number of rotatable bonds is 10. The molecule has 0 saturated carbocycles. The van der Waals surface area contributed by atoms with Crippen molar-refractivity contribution in [2.75, 3.05) is 14.2 Å². The van der Waals surface area contributed by atoms with Crippen LogP contribution in [0.5, 0.6) is 0 Å². The van der Waals surface area contributed by atoms with Crippen LogP contribution in [0.25, 0.3) is 0 Å². The van der Waals surface area contributed by atoms with Crippen LogP contribution < -0.4 is 5.73 Å². The maximum absolute atomic E-state index is 13.9. The average molecular weight is 852 g/mol. The monoisotopic (exact) mass is 852 g/mol. The number of amides is 1. The first-order valence-electron chi connectivity index (χ1n) is 21.1. The van der Waals surface area contributed by atoms with Gasteiger partial charge in [-0.15, -0.1) is 0 Å². The van der Waals surface area contributed by atoms with Gasteiger partial charge in [0.2, 0.25) is 5.76 Å². The fourth-order valence-corrected chi connectivity index (χ4v) is 8.64. The second-order valence-corrected chi connectivity index (χ2v) is 17.3. The van der Waals surface area contributed by atoms with Gasteiger partial charge in [-0.05, 0) is 46.1 Å². The van der Waals surface area contributed by atoms with E-state index >= 15 is 0 Å². The minimum atomic E-state index is -1.97. The summed E-state index contributed by atoms with van der Waals surface area (Å²) in [5.74, 6) is -6.06. The van der Waals surface area contributed by atoms with Crippen LogP contribution in [-0.2, 0) is 38.0 Å². The summed E-state index contributed by atoms with van der Waals surface area (Å²) in [7, 11) is 2.80. The number of carbonyl (C=O) groups excluding carboxylic acids is 2. The van der Waals surface area contributed by atoms with Crippen molar-refractivity contribution in [3.8, 4) is 0 Å². The van der Waals surface area contributed by atoms with Gasteiger partial charge in [0.15, 0.2) is 18.2 Å². The molecule has 0 aliphatic carbocycles. The molecule has 0 aromatic rings. The van der Waals surface area contributed by atoms with Crippen molar-refractivity contribution in [1.29, 1.82) is 0 Å². The van der Waals surface area contributed by atoms with Gasteiger partial charge in [-0.1, -0.05) is 89.1 Å². The SMILES string of the molecule is C/C=C/[C@H]1O[C@@](O)([C@@H](C)[C@H](O)[C@H](C)[C@H]2OC(=O)/C(OC)=C/C(C)=C\[C@@H](C)[C@@H](O)C(C)[C@@H](O)[C@H](C)C/C(C)=C/C=C/[C@@H]2OC)C[C@@H](O[C@H]2C[C@@H](O)[C@H](OC(N)=O)[C@@H](C)O2)[C@@H]1C. The predicted octanol–water partition coefficient (Wildman–Crippen LogP) is 4.59. The lowest BCUT2D eigenvalue weighted by Gasteiger charge is -2.49. The maximum atomic E-state index is 13.9. The average Bonchev–Trinajstić information content (AvgIpc) is 3.18. The zero-order chi connectivity index (χ0) is 45.2. The third-order valence-electron chi connectivity index (χ3n) is 12.5. The number of nitrogens with two attached hydrogens (primary N) is 1. The first-order chi connectivity index (χ1) is 28.1. The number of ether oxygens (including phenoxy) is 7. The molecule has 7 N–H and O–H groups in total. The van der Waals surface area contributed by atoms with Crippen LogP contribution in [0.3, 0.4) is 0 Å². The van der Waals surface area contributed by atoms with E-state index in [2.05, 4.69) is 0 Å². The molecule has 1 amide bonds. The first kappa shape index (κ1) is 51.2. The Morgan fingerprint density at radius 2 is 1.72 bits per heavy atom. The number of primary amides is 1. The van der Waals surface area contributed by atoms with Gasteiger partial charge < -0.3 is 64.4 Å². The molecule has 18 atom stereocenters. The number of hydrogen-bond donors (Lipinski definition) is 6. The van der Waals surface area contributed by atoms with Crippen LogP contribution in [-0.4, -0.2) is 125 Å². The summed E-state index contributed by atoms with van der Waals surface area (Å²) in [5.41, 5.74) is 6.76. The molecule has 0 radical (unpaired) electrons. The molecule has 3 aliphatic heterocycles. The van der Waals surface area contributed by atoms with Crippen molar-refractivity contribution in [3.05, 3.63) is 59.4 Å². The van der Waals surface area contributed by atoms with Crippen molar-refractivity contribution in [2.24, 2.45) is 41.2 Å². The molecule has 1 unspecified atom stereocenters. The van der Waals surface area contributed by atoms with Crippen LogP contribution >= 0.6 is 0 Å². The van der Waals surface area contributed by atoms with E-state index in [1.165, 1.54) is 20.3 Å². The van der Waals surface area contributed by atoms with Crippen molar-refractivity contribution in [3.63, 3.8) is 0 Å². The number of methoxy groups -OCH3 is 2. The molecular weight excluding hydrogens is 778 g/mol. The van der Waals surface area contributed by atoms with Crippen LogP contribution in [0, 0.1) is 35.5 Å². The van der Waals surface area contributed by atoms with Crippen LogP contribution in [0.2, 0.25) is 0 Å². The van der Waals surface area contributed by atoms with E-state index in [-0.39, 0.29) is 36.4 Å². The molecule has 3 aliphatic rings. The summed E-state index contributed by atoms with van der Waals surface area (Å²) in [6, 6.07) is 0. The largest absolute Gasteiger partial charge is 0.490 e. The highest BCUT2D eigenvalue weighted by molar-refractivity contribution is 5.87. The highest BCUT2D eigenvalue weighted by atomic mass is 16.7. The topological polar surface area (TPSA) is 226 Å². The van der Waals surface area contributed by atoms with Crippen molar-refractivity contribution in [1.82, 2.24) is 0 Å². The number of cyclic esters (lactones) is 1.